The van der Waals surface area contributed by atoms with Gasteiger partial charge in [0.1, 0.15) is 5.82 Å². The van der Waals surface area contributed by atoms with E-state index in [1.807, 2.05) is 23.8 Å². The molecule has 0 radical (unpaired) electrons. The molecule has 0 aliphatic carbocycles. The third kappa shape index (κ3) is 2.61. The topological polar surface area (TPSA) is 26.0 Å². The molecule has 0 aliphatic rings. The van der Waals surface area contributed by atoms with Gasteiger partial charge >= 0.3 is 0 Å². The molecular formula is C12H13ClFNS. The van der Waals surface area contributed by atoms with Crippen molar-refractivity contribution in [2.75, 3.05) is 0 Å². The van der Waals surface area contributed by atoms with Crippen molar-refractivity contribution in [3.8, 4) is 0 Å². The maximum absolute atomic E-state index is 13.1. The number of rotatable bonds is 2. The van der Waals surface area contributed by atoms with E-state index in [-0.39, 0.29) is 24.3 Å². The van der Waals surface area contributed by atoms with Crippen molar-refractivity contribution in [2.45, 2.75) is 13.0 Å². The first-order chi connectivity index (χ1) is 7.18. The number of hydrogen-bond donors (Lipinski definition) is 1. The van der Waals surface area contributed by atoms with Gasteiger partial charge in [0.2, 0.25) is 0 Å². The molecule has 1 atom stereocenters. The van der Waals surface area contributed by atoms with E-state index in [1.54, 1.807) is 17.4 Å². The van der Waals surface area contributed by atoms with Crippen LogP contribution in [0, 0.1) is 12.7 Å². The molecule has 1 nitrogen and oxygen atoms in total. The predicted octanol–water partition coefficient (Wildman–Crippen LogP) is 3.67. The number of hydrogen-bond acceptors (Lipinski definition) is 2. The summed E-state index contributed by atoms with van der Waals surface area (Å²) in [6.07, 6.45) is 0. The Labute approximate surface area is 105 Å². The fraction of sp³-hybridized carbons (Fsp3) is 0.167. The zero-order valence-electron chi connectivity index (χ0n) is 8.81. The molecule has 16 heavy (non-hydrogen) atoms. The van der Waals surface area contributed by atoms with Crippen molar-refractivity contribution in [2.24, 2.45) is 5.73 Å². The second kappa shape index (κ2) is 5.43. The third-order valence-electron chi connectivity index (χ3n) is 2.48. The van der Waals surface area contributed by atoms with Gasteiger partial charge in [-0.1, -0.05) is 6.07 Å². The van der Waals surface area contributed by atoms with Gasteiger partial charge in [-0.2, -0.15) is 11.3 Å². The highest BCUT2D eigenvalue weighted by Crippen LogP contribution is 2.24. The number of benzene rings is 1. The molecule has 0 spiro atoms. The Bertz CT molecular complexity index is 456. The first-order valence-electron chi connectivity index (χ1n) is 4.72. The lowest BCUT2D eigenvalue weighted by atomic mass is 9.98. The summed E-state index contributed by atoms with van der Waals surface area (Å²) >= 11 is 1.60. The van der Waals surface area contributed by atoms with Gasteiger partial charge in [0.25, 0.3) is 0 Å². The monoisotopic (exact) mass is 257 g/mol. The minimum absolute atomic E-state index is 0. The standard InChI is InChI=1S/C12H12FNS.ClH/c1-8-2-3-10(13)6-11(8)12(14)9-4-5-15-7-9;/h2-7,12H,14H2,1H3;1H/t12-;/m1./s1. The van der Waals surface area contributed by atoms with Gasteiger partial charge in [-0.25, -0.2) is 4.39 Å². The van der Waals surface area contributed by atoms with Crippen LogP contribution in [0.3, 0.4) is 0 Å². The minimum Gasteiger partial charge on any atom is -0.320 e. The zero-order valence-corrected chi connectivity index (χ0v) is 10.4. The van der Waals surface area contributed by atoms with E-state index in [1.165, 1.54) is 12.1 Å². The summed E-state index contributed by atoms with van der Waals surface area (Å²) in [6.45, 7) is 1.95. The maximum atomic E-state index is 13.1. The molecule has 4 heteroatoms. The molecule has 0 aliphatic heterocycles. The lowest BCUT2D eigenvalue weighted by Gasteiger charge is -2.13. The molecule has 0 unspecified atom stereocenters. The lowest BCUT2D eigenvalue weighted by molar-refractivity contribution is 0.623. The average molecular weight is 258 g/mol. The molecule has 1 aromatic carbocycles. The van der Waals surface area contributed by atoms with Crippen LogP contribution < -0.4 is 5.73 Å². The lowest BCUT2D eigenvalue weighted by Crippen LogP contribution is -2.12. The Balaban J connectivity index is 0.00000128. The van der Waals surface area contributed by atoms with Crippen molar-refractivity contribution in [1.82, 2.24) is 0 Å². The highest BCUT2D eigenvalue weighted by molar-refractivity contribution is 7.08. The van der Waals surface area contributed by atoms with Crippen molar-refractivity contribution >= 4 is 23.7 Å². The quantitative estimate of drug-likeness (QED) is 0.873. The molecule has 2 rings (SSSR count). The normalized spacial score (nSPS) is 11.9. The fourth-order valence-electron chi connectivity index (χ4n) is 1.58. The molecule has 0 amide bonds. The van der Waals surface area contributed by atoms with Gasteiger partial charge in [0, 0.05) is 0 Å². The summed E-state index contributed by atoms with van der Waals surface area (Å²) in [5.74, 6) is -0.235. The van der Waals surface area contributed by atoms with Gasteiger partial charge < -0.3 is 5.73 Å². The number of thiophene rings is 1. The summed E-state index contributed by atoms with van der Waals surface area (Å²) in [7, 11) is 0. The summed E-state index contributed by atoms with van der Waals surface area (Å²) in [5, 5.41) is 3.97. The Morgan fingerprint density at radius 1 is 1.31 bits per heavy atom. The summed E-state index contributed by atoms with van der Waals surface area (Å²) in [4.78, 5) is 0. The minimum atomic E-state index is -0.235. The van der Waals surface area contributed by atoms with Crippen LogP contribution in [0.4, 0.5) is 4.39 Å². The predicted molar refractivity (Wildman–Crippen MR) is 68.7 cm³/mol. The first kappa shape index (κ1) is 13.2. The van der Waals surface area contributed by atoms with E-state index in [0.717, 1.165) is 16.7 Å². The van der Waals surface area contributed by atoms with Crippen molar-refractivity contribution in [3.05, 3.63) is 57.5 Å². The van der Waals surface area contributed by atoms with Gasteiger partial charge in [-0.05, 0) is 52.6 Å². The average Bonchev–Trinajstić information content (AvgIpc) is 2.74. The summed E-state index contributed by atoms with van der Waals surface area (Å²) in [6, 6.07) is 6.47. The molecule has 0 saturated heterocycles. The van der Waals surface area contributed by atoms with E-state index in [4.69, 9.17) is 5.73 Å². The molecule has 86 valence electrons. The molecule has 0 saturated carbocycles. The molecule has 0 fully saturated rings. The Morgan fingerprint density at radius 3 is 2.69 bits per heavy atom. The number of halogens is 2. The SMILES string of the molecule is Cc1ccc(F)cc1[C@H](N)c1ccsc1.Cl. The van der Waals surface area contributed by atoms with E-state index in [0.29, 0.717) is 0 Å². The van der Waals surface area contributed by atoms with Gasteiger partial charge in [0.05, 0.1) is 6.04 Å². The van der Waals surface area contributed by atoms with E-state index < -0.39 is 0 Å². The van der Waals surface area contributed by atoms with E-state index >= 15 is 0 Å². The van der Waals surface area contributed by atoms with E-state index in [2.05, 4.69) is 0 Å². The molecule has 2 aromatic rings. The molecule has 1 heterocycles. The number of aryl methyl sites for hydroxylation is 1. The van der Waals surface area contributed by atoms with Crippen LogP contribution in [0.25, 0.3) is 0 Å². The fourth-order valence-corrected chi connectivity index (χ4v) is 2.27. The van der Waals surface area contributed by atoms with Gasteiger partial charge in [0.15, 0.2) is 0 Å². The maximum Gasteiger partial charge on any atom is 0.123 e. The molecular weight excluding hydrogens is 245 g/mol. The molecule has 1 aromatic heterocycles. The Kier molecular flexibility index (Phi) is 4.47. The summed E-state index contributed by atoms with van der Waals surface area (Å²) < 4.78 is 13.1. The van der Waals surface area contributed by atoms with Crippen LogP contribution in [-0.4, -0.2) is 0 Å². The van der Waals surface area contributed by atoms with E-state index in [9.17, 15) is 4.39 Å². The van der Waals surface area contributed by atoms with Crippen LogP contribution in [-0.2, 0) is 0 Å². The number of nitrogens with two attached hydrogens (primary N) is 1. The van der Waals surface area contributed by atoms with Crippen LogP contribution in [0.2, 0.25) is 0 Å². The van der Waals surface area contributed by atoms with Crippen LogP contribution in [0.1, 0.15) is 22.7 Å². The van der Waals surface area contributed by atoms with Crippen LogP contribution in [0.5, 0.6) is 0 Å². The second-order valence-corrected chi connectivity index (χ2v) is 4.32. The van der Waals surface area contributed by atoms with Crippen molar-refractivity contribution in [1.29, 1.82) is 0 Å². The van der Waals surface area contributed by atoms with Gasteiger partial charge in [-0.15, -0.1) is 12.4 Å². The Hall–Kier alpha value is -0.900. The van der Waals surface area contributed by atoms with Crippen molar-refractivity contribution < 1.29 is 4.39 Å². The van der Waals surface area contributed by atoms with Crippen LogP contribution in [0.15, 0.2) is 35.0 Å². The highest BCUT2D eigenvalue weighted by Gasteiger charge is 2.12. The third-order valence-corrected chi connectivity index (χ3v) is 3.18. The van der Waals surface area contributed by atoms with Crippen LogP contribution >= 0.6 is 23.7 Å². The summed E-state index contributed by atoms with van der Waals surface area (Å²) in [5.41, 5.74) is 8.98. The van der Waals surface area contributed by atoms with Gasteiger partial charge in [-0.3, -0.25) is 0 Å². The molecule has 2 N–H and O–H groups in total. The largest absolute Gasteiger partial charge is 0.320 e. The second-order valence-electron chi connectivity index (χ2n) is 3.54. The first-order valence-corrected chi connectivity index (χ1v) is 5.66. The molecule has 0 bridgehead atoms. The highest BCUT2D eigenvalue weighted by atomic mass is 35.5. The Morgan fingerprint density at radius 2 is 2.06 bits per heavy atom. The zero-order chi connectivity index (χ0) is 10.8. The smallest absolute Gasteiger partial charge is 0.123 e. The van der Waals surface area contributed by atoms with Crippen molar-refractivity contribution in [3.63, 3.8) is 0 Å².